The van der Waals surface area contributed by atoms with E-state index in [1.165, 1.54) is 22.3 Å². The van der Waals surface area contributed by atoms with Gasteiger partial charge in [0.25, 0.3) is 0 Å². The van der Waals surface area contributed by atoms with E-state index < -0.39 is 0 Å². The molecule has 3 nitrogen and oxygen atoms in total. The monoisotopic (exact) mass is 283 g/mol. The van der Waals surface area contributed by atoms with Crippen molar-refractivity contribution in [3.05, 3.63) is 65.0 Å². The molecule has 21 heavy (non-hydrogen) atoms. The first-order chi connectivity index (χ1) is 10.1. The molecule has 0 radical (unpaired) electrons. The minimum Gasteiger partial charge on any atom is -0.312 e. The molecule has 0 spiro atoms. The van der Waals surface area contributed by atoms with Crippen molar-refractivity contribution in [1.29, 1.82) is 0 Å². The zero-order chi connectivity index (χ0) is 15.2. The summed E-state index contributed by atoms with van der Waals surface area (Å²) in [6.07, 6.45) is 3.70. The number of nitrogens with one attached hydrogen (secondary N) is 1. The molecule has 0 aliphatic heterocycles. The Bertz CT molecular complexity index is 546. The molecule has 2 aromatic rings. The van der Waals surface area contributed by atoms with Crippen LogP contribution < -0.4 is 5.32 Å². The first kappa shape index (κ1) is 15.7. The van der Waals surface area contributed by atoms with E-state index in [4.69, 9.17) is 0 Å². The van der Waals surface area contributed by atoms with Gasteiger partial charge in [0.05, 0.1) is 0 Å². The lowest BCUT2D eigenvalue weighted by atomic mass is 10.0. The van der Waals surface area contributed by atoms with Crippen molar-refractivity contribution >= 4 is 0 Å². The van der Waals surface area contributed by atoms with Crippen LogP contribution in [0.5, 0.6) is 0 Å². The normalized spacial score (nSPS) is 12.6. The highest BCUT2D eigenvalue weighted by atomic mass is 15.1. The molecular weight excluding hydrogens is 258 g/mol. The molecule has 0 bridgehead atoms. The van der Waals surface area contributed by atoms with E-state index >= 15 is 0 Å². The van der Waals surface area contributed by atoms with Crippen LogP contribution in [-0.4, -0.2) is 30.5 Å². The Morgan fingerprint density at radius 2 is 1.71 bits per heavy atom. The number of likely N-dealkylation sites (N-methyl/N-ethyl adjacent to an activating group) is 2. The third-order valence-corrected chi connectivity index (χ3v) is 3.69. The summed E-state index contributed by atoms with van der Waals surface area (Å²) in [5.74, 6) is 0. The van der Waals surface area contributed by atoms with Gasteiger partial charge in [0.1, 0.15) is 0 Å². The van der Waals surface area contributed by atoms with Crippen molar-refractivity contribution in [2.45, 2.75) is 26.4 Å². The van der Waals surface area contributed by atoms with Crippen molar-refractivity contribution in [2.24, 2.45) is 0 Å². The van der Waals surface area contributed by atoms with Gasteiger partial charge in [-0.2, -0.15) is 0 Å². The van der Waals surface area contributed by atoms with Crippen LogP contribution in [0.4, 0.5) is 0 Å². The van der Waals surface area contributed by atoms with Crippen LogP contribution in [0.3, 0.4) is 0 Å². The standard InChI is InChI=1S/C18H25N3/c1-14-9-15(2)11-17(10-14)18(19-3)13-21(4)12-16-5-7-20-8-6-16/h5-11,18-19H,12-13H2,1-4H3. The molecule has 0 amide bonds. The zero-order valence-corrected chi connectivity index (χ0v) is 13.4. The highest BCUT2D eigenvalue weighted by molar-refractivity contribution is 5.31. The molecule has 0 aliphatic carbocycles. The molecule has 1 atom stereocenters. The van der Waals surface area contributed by atoms with E-state index in [0.717, 1.165) is 13.1 Å². The molecule has 1 aromatic carbocycles. The largest absolute Gasteiger partial charge is 0.312 e. The van der Waals surface area contributed by atoms with Crippen LogP contribution >= 0.6 is 0 Å². The summed E-state index contributed by atoms with van der Waals surface area (Å²) in [4.78, 5) is 6.41. The second-order valence-electron chi connectivity index (χ2n) is 5.81. The Kier molecular flexibility index (Phi) is 5.48. The molecule has 0 fully saturated rings. The van der Waals surface area contributed by atoms with Crippen molar-refractivity contribution in [1.82, 2.24) is 15.2 Å². The fourth-order valence-electron chi connectivity index (χ4n) is 2.75. The van der Waals surface area contributed by atoms with E-state index in [9.17, 15) is 0 Å². The zero-order valence-electron chi connectivity index (χ0n) is 13.4. The van der Waals surface area contributed by atoms with Gasteiger partial charge in [-0.3, -0.25) is 4.98 Å². The lowest BCUT2D eigenvalue weighted by Crippen LogP contribution is -2.31. The summed E-state index contributed by atoms with van der Waals surface area (Å²) >= 11 is 0. The van der Waals surface area contributed by atoms with Crippen LogP contribution in [0.15, 0.2) is 42.7 Å². The van der Waals surface area contributed by atoms with Gasteiger partial charge in [-0.1, -0.05) is 29.3 Å². The first-order valence-corrected chi connectivity index (χ1v) is 7.41. The second kappa shape index (κ2) is 7.34. The van der Waals surface area contributed by atoms with Crippen molar-refractivity contribution in [3.8, 4) is 0 Å². The topological polar surface area (TPSA) is 28.2 Å². The molecule has 1 heterocycles. The van der Waals surface area contributed by atoms with E-state index in [1.54, 1.807) is 0 Å². The number of aryl methyl sites for hydroxylation is 2. The van der Waals surface area contributed by atoms with Gasteiger partial charge >= 0.3 is 0 Å². The Hall–Kier alpha value is -1.71. The Balaban J connectivity index is 2.04. The molecule has 0 saturated heterocycles. The van der Waals surface area contributed by atoms with Gasteiger partial charge in [0.15, 0.2) is 0 Å². The third kappa shape index (κ3) is 4.66. The lowest BCUT2D eigenvalue weighted by Gasteiger charge is -2.25. The average molecular weight is 283 g/mol. The van der Waals surface area contributed by atoms with Crippen LogP contribution in [0.25, 0.3) is 0 Å². The summed E-state index contributed by atoms with van der Waals surface area (Å²) in [6, 6.07) is 11.2. The second-order valence-corrected chi connectivity index (χ2v) is 5.81. The fraction of sp³-hybridized carbons (Fsp3) is 0.389. The summed E-state index contributed by atoms with van der Waals surface area (Å²) < 4.78 is 0. The van der Waals surface area contributed by atoms with Gasteiger partial charge in [0, 0.05) is 31.5 Å². The van der Waals surface area contributed by atoms with Crippen LogP contribution in [0, 0.1) is 13.8 Å². The van der Waals surface area contributed by atoms with Gasteiger partial charge in [-0.25, -0.2) is 0 Å². The predicted octanol–water partition coefficient (Wildman–Crippen LogP) is 3.09. The smallest absolute Gasteiger partial charge is 0.0447 e. The molecule has 1 unspecified atom stereocenters. The highest BCUT2D eigenvalue weighted by Gasteiger charge is 2.13. The van der Waals surface area contributed by atoms with E-state index in [1.807, 2.05) is 19.4 Å². The SMILES string of the molecule is CNC(CN(C)Cc1ccncc1)c1cc(C)cc(C)c1. The molecule has 1 aromatic heterocycles. The predicted molar refractivity (Wildman–Crippen MR) is 88.3 cm³/mol. The summed E-state index contributed by atoms with van der Waals surface area (Å²) in [6.45, 7) is 6.22. The van der Waals surface area contributed by atoms with Gasteiger partial charge in [-0.05, 0) is 51.2 Å². The number of aromatic nitrogens is 1. The van der Waals surface area contributed by atoms with E-state index in [2.05, 4.69) is 66.4 Å². The lowest BCUT2D eigenvalue weighted by molar-refractivity contribution is 0.289. The number of pyridine rings is 1. The Morgan fingerprint density at radius 1 is 1.10 bits per heavy atom. The number of benzene rings is 1. The number of hydrogen-bond acceptors (Lipinski definition) is 3. The van der Waals surface area contributed by atoms with Crippen molar-refractivity contribution in [3.63, 3.8) is 0 Å². The molecule has 2 rings (SSSR count). The van der Waals surface area contributed by atoms with Crippen LogP contribution in [0.2, 0.25) is 0 Å². The molecule has 1 N–H and O–H groups in total. The van der Waals surface area contributed by atoms with E-state index in [-0.39, 0.29) is 0 Å². The van der Waals surface area contributed by atoms with Gasteiger partial charge in [0.2, 0.25) is 0 Å². The summed E-state index contributed by atoms with van der Waals surface area (Å²) in [7, 11) is 4.19. The van der Waals surface area contributed by atoms with Crippen molar-refractivity contribution in [2.75, 3.05) is 20.6 Å². The minimum absolute atomic E-state index is 0.343. The molecule has 112 valence electrons. The van der Waals surface area contributed by atoms with E-state index in [0.29, 0.717) is 6.04 Å². The quantitative estimate of drug-likeness (QED) is 0.883. The summed E-state index contributed by atoms with van der Waals surface area (Å²) in [5.41, 5.74) is 5.29. The van der Waals surface area contributed by atoms with Gasteiger partial charge < -0.3 is 10.2 Å². The minimum atomic E-state index is 0.343. The average Bonchev–Trinajstić information content (AvgIpc) is 2.44. The third-order valence-electron chi connectivity index (χ3n) is 3.69. The maximum Gasteiger partial charge on any atom is 0.0447 e. The summed E-state index contributed by atoms with van der Waals surface area (Å²) in [5, 5.41) is 3.44. The highest BCUT2D eigenvalue weighted by Crippen LogP contribution is 2.18. The molecule has 3 heteroatoms. The first-order valence-electron chi connectivity index (χ1n) is 7.41. The van der Waals surface area contributed by atoms with Crippen LogP contribution in [0.1, 0.15) is 28.3 Å². The molecule has 0 saturated carbocycles. The maximum atomic E-state index is 4.07. The number of hydrogen-bond donors (Lipinski definition) is 1. The van der Waals surface area contributed by atoms with Crippen LogP contribution in [-0.2, 0) is 6.54 Å². The Labute approximate surface area is 128 Å². The number of nitrogens with zero attached hydrogens (tertiary/aromatic N) is 2. The molecule has 0 aliphatic rings. The Morgan fingerprint density at radius 3 is 2.29 bits per heavy atom. The maximum absolute atomic E-state index is 4.07. The number of rotatable bonds is 6. The fourth-order valence-corrected chi connectivity index (χ4v) is 2.75. The molecular formula is C18H25N3. The van der Waals surface area contributed by atoms with Crippen molar-refractivity contribution < 1.29 is 0 Å². The van der Waals surface area contributed by atoms with Gasteiger partial charge in [-0.15, -0.1) is 0 Å².